The number of thiophene rings is 1. The number of benzene rings is 1. The zero-order chi connectivity index (χ0) is 20.1. The highest BCUT2D eigenvalue weighted by Crippen LogP contribution is 2.28. The van der Waals surface area contributed by atoms with Crippen LogP contribution in [0.4, 0.5) is 5.69 Å². The summed E-state index contributed by atoms with van der Waals surface area (Å²) in [6.07, 6.45) is 0. The molecule has 2 fully saturated rings. The predicted molar refractivity (Wildman–Crippen MR) is 116 cm³/mol. The minimum atomic E-state index is 0.307. The Kier molecular flexibility index (Phi) is 6.69. The number of ether oxygens (including phenoxy) is 1. The van der Waals surface area contributed by atoms with E-state index >= 15 is 0 Å². The van der Waals surface area contributed by atoms with Crippen LogP contribution in [0.2, 0.25) is 0 Å². The van der Waals surface area contributed by atoms with E-state index in [-0.39, 0.29) is 0 Å². The third kappa shape index (κ3) is 5.10. The van der Waals surface area contributed by atoms with Gasteiger partial charge in [0.15, 0.2) is 6.54 Å². The van der Waals surface area contributed by atoms with Crippen molar-refractivity contribution in [1.29, 1.82) is 0 Å². The molecule has 3 heterocycles. The maximum absolute atomic E-state index is 12.8. The molecule has 6 nitrogen and oxygen atoms in total. The van der Waals surface area contributed by atoms with Gasteiger partial charge < -0.3 is 24.3 Å². The average Bonchev–Trinajstić information content (AvgIpc) is 3.28. The molecule has 2 N–H and O–H groups in total. The van der Waals surface area contributed by atoms with Crippen LogP contribution in [0.3, 0.4) is 0 Å². The number of methoxy groups -OCH3 is 1. The number of nitrogens with zero attached hydrogens (tertiary/aromatic N) is 2. The second-order valence-corrected chi connectivity index (χ2v) is 9.00. The lowest BCUT2D eigenvalue weighted by atomic mass is 10.2. The molecule has 1 amide bonds. The zero-order valence-corrected chi connectivity index (χ0v) is 18.0. The molecule has 29 heavy (non-hydrogen) atoms. The topological polar surface area (TPSA) is 41.7 Å². The highest BCUT2D eigenvalue weighted by molar-refractivity contribution is 7.09. The van der Waals surface area contributed by atoms with E-state index in [9.17, 15) is 4.79 Å². The molecule has 0 bridgehead atoms. The SMILES string of the molecule is COc1ccccc1N1CCN(C(=O)C[NH+]2CC[NH+](Cc3cccs3)CC2)CC1. The van der Waals surface area contributed by atoms with Crippen molar-refractivity contribution < 1.29 is 19.3 Å². The smallest absolute Gasteiger partial charge is 0.277 e. The number of amides is 1. The fourth-order valence-electron chi connectivity index (χ4n) is 4.38. The van der Waals surface area contributed by atoms with Gasteiger partial charge in [-0.1, -0.05) is 18.2 Å². The molecule has 0 radical (unpaired) electrons. The largest absolute Gasteiger partial charge is 0.495 e. The van der Waals surface area contributed by atoms with Crippen LogP contribution in [0.15, 0.2) is 41.8 Å². The summed E-state index contributed by atoms with van der Waals surface area (Å²) in [7, 11) is 1.71. The van der Waals surface area contributed by atoms with Gasteiger partial charge in [-0.25, -0.2) is 0 Å². The minimum absolute atomic E-state index is 0.307. The van der Waals surface area contributed by atoms with Gasteiger partial charge in [-0.05, 0) is 23.6 Å². The molecular formula is C22H32N4O2S+2. The Morgan fingerprint density at radius 2 is 1.72 bits per heavy atom. The molecule has 1 aromatic carbocycles. The molecule has 1 aromatic heterocycles. The summed E-state index contributed by atoms with van der Waals surface area (Å²) < 4.78 is 5.49. The Bertz CT molecular complexity index is 782. The van der Waals surface area contributed by atoms with Gasteiger partial charge in [0.05, 0.1) is 17.7 Å². The van der Waals surface area contributed by atoms with Gasteiger partial charge in [0.2, 0.25) is 0 Å². The number of rotatable bonds is 6. The first-order chi connectivity index (χ1) is 14.2. The Labute approximate surface area is 177 Å². The molecule has 2 aromatic rings. The van der Waals surface area contributed by atoms with Gasteiger partial charge in [0.1, 0.15) is 38.5 Å². The normalized spacial score (nSPS) is 22.5. The van der Waals surface area contributed by atoms with Crippen molar-refractivity contribution in [2.75, 3.05) is 70.9 Å². The van der Waals surface area contributed by atoms with E-state index in [2.05, 4.69) is 28.5 Å². The molecule has 0 atom stereocenters. The summed E-state index contributed by atoms with van der Waals surface area (Å²) >= 11 is 1.85. The van der Waals surface area contributed by atoms with Crippen LogP contribution in [0, 0.1) is 0 Å². The minimum Gasteiger partial charge on any atom is -0.495 e. The van der Waals surface area contributed by atoms with Gasteiger partial charge >= 0.3 is 0 Å². The maximum atomic E-state index is 12.8. The highest BCUT2D eigenvalue weighted by atomic mass is 32.1. The number of hydrogen-bond donors (Lipinski definition) is 2. The number of carbonyl (C=O) groups excluding carboxylic acids is 1. The third-order valence-corrected chi connectivity index (χ3v) is 7.00. The fraction of sp³-hybridized carbons (Fsp3) is 0.500. The van der Waals surface area contributed by atoms with E-state index in [1.54, 1.807) is 12.0 Å². The molecule has 156 valence electrons. The first-order valence-electron chi connectivity index (χ1n) is 10.6. The zero-order valence-electron chi connectivity index (χ0n) is 17.2. The van der Waals surface area contributed by atoms with Crippen LogP contribution in [-0.2, 0) is 11.3 Å². The lowest BCUT2D eigenvalue weighted by molar-refractivity contribution is -1.02. The van der Waals surface area contributed by atoms with E-state index in [4.69, 9.17) is 4.74 Å². The molecular weight excluding hydrogens is 384 g/mol. The van der Waals surface area contributed by atoms with Crippen LogP contribution in [0.1, 0.15) is 4.88 Å². The monoisotopic (exact) mass is 416 g/mol. The third-order valence-electron chi connectivity index (χ3n) is 6.13. The van der Waals surface area contributed by atoms with Gasteiger partial charge in [-0.2, -0.15) is 0 Å². The van der Waals surface area contributed by atoms with Crippen molar-refractivity contribution in [3.05, 3.63) is 46.7 Å². The molecule has 7 heteroatoms. The van der Waals surface area contributed by atoms with Crippen LogP contribution in [-0.4, -0.2) is 76.8 Å². The molecule has 0 aliphatic carbocycles. The molecule has 2 saturated heterocycles. The molecule has 2 aliphatic heterocycles. The Morgan fingerprint density at radius 3 is 2.41 bits per heavy atom. The van der Waals surface area contributed by atoms with Crippen LogP contribution in [0.25, 0.3) is 0 Å². The molecule has 0 saturated carbocycles. The quantitative estimate of drug-likeness (QED) is 0.660. The second kappa shape index (κ2) is 9.61. The summed E-state index contributed by atoms with van der Waals surface area (Å²) in [5, 5.41) is 2.16. The van der Waals surface area contributed by atoms with Crippen molar-refractivity contribution in [3.63, 3.8) is 0 Å². The van der Waals surface area contributed by atoms with E-state index in [1.165, 1.54) is 9.78 Å². The molecule has 2 aliphatic rings. The van der Waals surface area contributed by atoms with E-state index in [0.717, 1.165) is 70.3 Å². The Morgan fingerprint density at radius 1 is 1.00 bits per heavy atom. The molecule has 0 spiro atoms. The maximum Gasteiger partial charge on any atom is 0.277 e. The van der Waals surface area contributed by atoms with Crippen molar-refractivity contribution in [2.24, 2.45) is 0 Å². The summed E-state index contributed by atoms with van der Waals surface area (Å²) in [4.78, 5) is 21.7. The second-order valence-electron chi connectivity index (χ2n) is 7.97. The van der Waals surface area contributed by atoms with E-state index in [1.807, 2.05) is 34.4 Å². The van der Waals surface area contributed by atoms with Crippen molar-refractivity contribution in [3.8, 4) is 5.75 Å². The van der Waals surface area contributed by atoms with Gasteiger partial charge in [0, 0.05) is 26.2 Å². The molecule has 4 rings (SSSR count). The van der Waals surface area contributed by atoms with Crippen molar-refractivity contribution >= 4 is 22.9 Å². The van der Waals surface area contributed by atoms with Crippen LogP contribution >= 0.6 is 11.3 Å². The number of anilines is 1. The summed E-state index contributed by atoms with van der Waals surface area (Å²) in [6, 6.07) is 12.5. The number of carbonyl (C=O) groups is 1. The summed E-state index contributed by atoms with van der Waals surface area (Å²) in [6.45, 7) is 9.57. The number of piperazine rings is 2. The number of nitrogens with one attached hydrogen (secondary N) is 2. The first-order valence-corrected chi connectivity index (χ1v) is 11.5. The Hall–Kier alpha value is -2.09. The highest BCUT2D eigenvalue weighted by Gasteiger charge is 2.29. The fourth-order valence-corrected chi connectivity index (χ4v) is 5.16. The number of para-hydroxylation sites is 2. The van der Waals surface area contributed by atoms with E-state index < -0.39 is 0 Å². The summed E-state index contributed by atoms with van der Waals surface area (Å²) in [5.74, 6) is 1.21. The van der Waals surface area contributed by atoms with Gasteiger partial charge in [0.25, 0.3) is 5.91 Å². The number of hydrogen-bond acceptors (Lipinski definition) is 4. The first kappa shape index (κ1) is 20.2. The van der Waals surface area contributed by atoms with Gasteiger partial charge in [-0.3, -0.25) is 4.79 Å². The summed E-state index contributed by atoms with van der Waals surface area (Å²) in [5.41, 5.74) is 1.12. The van der Waals surface area contributed by atoms with Crippen LogP contribution in [0.5, 0.6) is 5.75 Å². The number of quaternary nitrogens is 2. The standard InChI is InChI=1S/C22H30N4O2S/c1-28-21-7-3-2-6-20(21)25-12-14-26(15-13-25)22(27)18-24-10-8-23(9-11-24)17-19-5-4-16-29-19/h2-7,16H,8-15,17-18H2,1H3/p+2. The lowest BCUT2D eigenvalue weighted by Crippen LogP contribution is -3.28. The predicted octanol–water partition coefficient (Wildman–Crippen LogP) is -0.611. The van der Waals surface area contributed by atoms with Crippen molar-refractivity contribution in [2.45, 2.75) is 6.54 Å². The average molecular weight is 417 g/mol. The van der Waals surface area contributed by atoms with E-state index in [0.29, 0.717) is 12.5 Å². The molecule has 0 unspecified atom stereocenters. The lowest BCUT2D eigenvalue weighted by Gasteiger charge is -2.37. The van der Waals surface area contributed by atoms with Gasteiger partial charge in [-0.15, -0.1) is 11.3 Å². The Balaban J connectivity index is 1.21. The van der Waals surface area contributed by atoms with Crippen molar-refractivity contribution in [1.82, 2.24) is 4.90 Å². The van der Waals surface area contributed by atoms with Crippen LogP contribution < -0.4 is 19.4 Å².